The van der Waals surface area contributed by atoms with Crippen molar-refractivity contribution in [2.24, 2.45) is 0 Å². The van der Waals surface area contributed by atoms with E-state index in [1.807, 2.05) is 12.4 Å². The molecule has 0 saturated heterocycles. The second-order valence-electron chi connectivity index (χ2n) is 3.16. The molecule has 1 rings (SSSR count). The Labute approximate surface area is 89.5 Å². The molecule has 79 valence electrons. The number of thioether (sulfide) groups is 1. The maximum absolute atomic E-state index is 10.3. The molecule has 1 aromatic heterocycles. The molecule has 1 aromatic rings. The van der Waals surface area contributed by atoms with Crippen LogP contribution in [-0.4, -0.2) is 21.9 Å². The molecular formula is C10H17N2OS. The van der Waals surface area contributed by atoms with E-state index < -0.39 is 0 Å². The van der Waals surface area contributed by atoms with Gasteiger partial charge in [0.05, 0.1) is 6.61 Å². The van der Waals surface area contributed by atoms with E-state index in [-0.39, 0.29) is 6.61 Å². The zero-order chi connectivity index (χ0) is 10.2. The zero-order valence-electron chi connectivity index (χ0n) is 8.61. The Kier molecular flexibility index (Phi) is 5.71. The number of hydrogen-bond donors (Lipinski definition) is 0. The second-order valence-corrected chi connectivity index (χ2v) is 4.22. The van der Waals surface area contributed by atoms with Gasteiger partial charge in [0.2, 0.25) is 0 Å². The standard InChI is InChI=1S/C10H17N2OS/c1-2-3-6-12-7-5-11-10(12)14-9-4-8-13/h5,7H,2-4,6,8-9H2,1H3. The molecule has 0 spiro atoms. The first-order valence-electron chi connectivity index (χ1n) is 5.10. The Hall–Kier alpha value is -0.480. The van der Waals surface area contributed by atoms with Crippen LogP contribution in [0.2, 0.25) is 0 Å². The maximum atomic E-state index is 10.3. The second kappa shape index (κ2) is 6.90. The third kappa shape index (κ3) is 3.72. The van der Waals surface area contributed by atoms with E-state index in [0.717, 1.165) is 23.9 Å². The quantitative estimate of drug-likeness (QED) is 0.516. The highest BCUT2D eigenvalue weighted by Gasteiger charge is 2.02. The van der Waals surface area contributed by atoms with Crippen LogP contribution in [-0.2, 0) is 11.7 Å². The van der Waals surface area contributed by atoms with E-state index >= 15 is 0 Å². The molecule has 1 heterocycles. The number of unbranched alkanes of at least 4 members (excludes halogenated alkanes) is 1. The monoisotopic (exact) mass is 213 g/mol. The molecule has 4 heteroatoms. The smallest absolute Gasteiger partial charge is 0.167 e. The summed E-state index contributed by atoms with van der Waals surface area (Å²) >= 11 is 1.68. The lowest BCUT2D eigenvalue weighted by molar-refractivity contribution is 0.194. The fourth-order valence-corrected chi connectivity index (χ4v) is 2.05. The lowest BCUT2D eigenvalue weighted by atomic mass is 10.3. The Morgan fingerprint density at radius 3 is 3.07 bits per heavy atom. The van der Waals surface area contributed by atoms with Crippen LogP contribution < -0.4 is 0 Å². The molecule has 0 aliphatic rings. The van der Waals surface area contributed by atoms with Gasteiger partial charge in [-0.05, 0) is 12.8 Å². The first-order chi connectivity index (χ1) is 6.88. The van der Waals surface area contributed by atoms with Crippen molar-refractivity contribution in [1.29, 1.82) is 0 Å². The summed E-state index contributed by atoms with van der Waals surface area (Å²) in [6.45, 7) is 3.24. The molecule has 0 unspecified atom stereocenters. The van der Waals surface area contributed by atoms with Gasteiger partial charge in [-0.1, -0.05) is 25.1 Å². The van der Waals surface area contributed by atoms with Gasteiger partial charge in [-0.25, -0.2) is 10.1 Å². The molecular weight excluding hydrogens is 196 g/mol. The molecule has 0 N–H and O–H groups in total. The SMILES string of the molecule is CCCCn1ccnc1SCCC[O]. The summed E-state index contributed by atoms with van der Waals surface area (Å²) in [6, 6.07) is 0. The molecule has 0 bridgehead atoms. The van der Waals surface area contributed by atoms with Crippen LogP contribution in [0.4, 0.5) is 0 Å². The summed E-state index contributed by atoms with van der Waals surface area (Å²) in [6.07, 6.45) is 6.95. The third-order valence-electron chi connectivity index (χ3n) is 1.95. The summed E-state index contributed by atoms with van der Waals surface area (Å²) in [5, 5.41) is 11.3. The van der Waals surface area contributed by atoms with Crippen molar-refractivity contribution in [1.82, 2.24) is 9.55 Å². The van der Waals surface area contributed by atoms with Crippen molar-refractivity contribution in [3.05, 3.63) is 12.4 Å². The fourth-order valence-electron chi connectivity index (χ4n) is 1.16. The molecule has 0 aliphatic heterocycles. The third-order valence-corrected chi connectivity index (χ3v) is 3.04. The Morgan fingerprint density at radius 1 is 1.50 bits per heavy atom. The van der Waals surface area contributed by atoms with Crippen molar-refractivity contribution in [2.45, 2.75) is 37.9 Å². The molecule has 1 radical (unpaired) electrons. The Morgan fingerprint density at radius 2 is 2.36 bits per heavy atom. The minimum Gasteiger partial charge on any atom is -0.326 e. The van der Waals surface area contributed by atoms with E-state index in [9.17, 15) is 5.11 Å². The van der Waals surface area contributed by atoms with Crippen LogP contribution in [0.5, 0.6) is 0 Å². The van der Waals surface area contributed by atoms with Crippen LogP contribution in [0.3, 0.4) is 0 Å². The average Bonchev–Trinajstić information content (AvgIpc) is 2.63. The van der Waals surface area contributed by atoms with E-state index in [4.69, 9.17) is 0 Å². The predicted molar refractivity (Wildman–Crippen MR) is 58.0 cm³/mol. The van der Waals surface area contributed by atoms with E-state index in [1.54, 1.807) is 11.8 Å². The molecule has 0 atom stereocenters. The highest BCUT2D eigenvalue weighted by molar-refractivity contribution is 7.99. The Balaban J connectivity index is 2.37. The van der Waals surface area contributed by atoms with Gasteiger partial charge in [0.25, 0.3) is 0 Å². The fraction of sp³-hybridized carbons (Fsp3) is 0.700. The summed E-state index contributed by atoms with van der Waals surface area (Å²) in [5.41, 5.74) is 0. The molecule has 0 saturated carbocycles. The van der Waals surface area contributed by atoms with Gasteiger partial charge in [0.1, 0.15) is 0 Å². The molecule has 0 fully saturated rings. The lowest BCUT2D eigenvalue weighted by Crippen LogP contribution is -1.98. The summed E-state index contributed by atoms with van der Waals surface area (Å²) in [5.74, 6) is 0.882. The van der Waals surface area contributed by atoms with Gasteiger partial charge < -0.3 is 4.57 Å². The van der Waals surface area contributed by atoms with Gasteiger partial charge in [-0.2, -0.15) is 0 Å². The molecule has 0 aliphatic carbocycles. The van der Waals surface area contributed by atoms with Crippen molar-refractivity contribution in [3.8, 4) is 0 Å². The van der Waals surface area contributed by atoms with Crippen LogP contribution in [0.1, 0.15) is 26.2 Å². The van der Waals surface area contributed by atoms with Gasteiger partial charge >= 0.3 is 0 Å². The summed E-state index contributed by atoms with van der Waals surface area (Å²) in [7, 11) is 0. The highest BCUT2D eigenvalue weighted by Crippen LogP contribution is 2.16. The average molecular weight is 213 g/mol. The predicted octanol–water partition coefficient (Wildman–Crippen LogP) is 2.60. The first kappa shape index (κ1) is 11.6. The largest absolute Gasteiger partial charge is 0.326 e. The van der Waals surface area contributed by atoms with Crippen molar-refractivity contribution < 1.29 is 5.11 Å². The topological polar surface area (TPSA) is 37.7 Å². The number of nitrogens with zero attached hydrogens (tertiary/aromatic N) is 2. The molecule has 0 aromatic carbocycles. The first-order valence-corrected chi connectivity index (χ1v) is 6.09. The number of aryl methyl sites for hydroxylation is 1. The van der Waals surface area contributed by atoms with E-state index in [1.165, 1.54) is 12.8 Å². The van der Waals surface area contributed by atoms with Gasteiger partial charge in [0, 0.05) is 24.7 Å². The molecule has 0 amide bonds. The van der Waals surface area contributed by atoms with Gasteiger partial charge in [-0.15, -0.1) is 0 Å². The molecule has 14 heavy (non-hydrogen) atoms. The number of hydrogen-bond acceptors (Lipinski definition) is 2. The van der Waals surface area contributed by atoms with Crippen LogP contribution in [0, 0.1) is 0 Å². The zero-order valence-corrected chi connectivity index (χ0v) is 9.42. The number of imidazole rings is 1. The van der Waals surface area contributed by atoms with Gasteiger partial charge in [0.15, 0.2) is 5.16 Å². The van der Waals surface area contributed by atoms with Crippen molar-refractivity contribution >= 4 is 11.8 Å². The van der Waals surface area contributed by atoms with Gasteiger partial charge in [-0.3, -0.25) is 0 Å². The number of aromatic nitrogens is 2. The Bertz CT molecular complexity index is 250. The van der Waals surface area contributed by atoms with Crippen molar-refractivity contribution in [3.63, 3.8) is 0 Å². The minimum absolute atomic E-state index is 0.0165. The van der Waals surface area contributed by atoms with Crippen LogP contribution in [0.15, 0.2) is 17.6 Å². The highest BCUT2D eigenvalue weighted by atomic mass is 32.2. The summed E-state index contributed by atoms with van der Waals surface area (Å²) < 4.78 is 2.17. The van der Waals surface area contributed by atoms with Crippen molar-refractivity contribution in [2.75, 3.05) is 12.4 Å². The van der Waals surface area contributed by atoms with E-state index in [2.05, 4.69) is 16.5 Å². The summed E-state index contributed by atoms with van der Waals surface area (Å²) in [4.78, 5) is 4.26. The minimum atomic E-state index is 0.0165. The van der Waals surface area contributed by atoms with Crippen LogP contribution >= 0.6 is 11.8 Å². The lowest BCUT2D eigenvalue weighted by Gasteiger charge is -2.05. The number of rotatable bonds is 7. The van der Waals surface area contributed by atoms with E-state index in [0.29, 0.717) is 0 Å². The van der Waals surface area contributed by atoms with Crippen LogP contribution in [0.25, 0.3) is 0 Å². The molecule has 3 nitrogen and oxygen atoms in total. The normalized spacial score (nSPS) is 10.7. The maximum Gasteiger partial charge on any atom is 0.167 e.